The molecule has 6 heteroatoms. The molecule has 1 aliphatic carbocycles. The number of nitrogens with one attached hydrogen (secondary N) is 2. The van der Waals surface area contributed by atoms with Crippen LogP contribution in [0.1, 0.15) is 55.6 Å². The molecule has 0 saturated heterocycles. The standard InChI is InChI=1S/C19H23F3N2O/c1-11-3-4-12(2)8-15(7-11)23-18(25)14-6-5-13-10-17(19(20,21)22)24-16(13)9-14/h5-6,9-12,15,24H,3-4,7-8H2,1-2H3,(H,23,25)/t11-,12+,15?. The van der Waals surface area contributed by atoms with Gasteiger partial charge in [0.05, 0.1) is 0 Å². The fraction of sp³-hybridized carbons (Fsp3) is 0.526. The van der Waals surface area contributed by atoms with Gasteiger partial charge in [0.2, 0.25) is 0 Å². The van der Waals surface area contributed by atoms with Crippen LogP contribution in [0.15, 0.2) is 24.3 Å². The van der Waals surface area contributed by atoms with Crippen LogP contribution in [0.5, 0.6) is 0 Å². The van der Waals surface area contributed by atoms with E-state index < -0.39 is 11.9 Å². The molecule has 3 nitrogen and oxygen atoms in total. The molecule has 1 saturated carbocycles. The van der Waals surface area contributed by atoms with Crippen molar-refractivity contribution < 1.29 is 18.0 Å². The van der Waals surface area contributed by atoms with Gasteiger partial charge in [-0.1, -0.05) is 32.8 Å². The molecule has 1 unspecified atom stereocenters. The predicted octanol–water partition coefficient (Wildman–Crippen LogP) is 5.13. The van der Waals surface area contributed by atoms with E-state index in [0.29, 0.717) is 28.3 Å². The lowest BCUT2D eigenvalue weighted by Gasteiger charge is -2.20. The first-order valence-corrected chi connectivity index (χ1v) is 8.73. The zero-order chi connectivity index (χ0) is 18.2. The van der Waals surface area contributed by atoms with E-state index >= 15 is 0 Å². The van der Waals surface area contributed by atoms with Crippen molar-refractivity contribution in [1.29, 1.82) is 0 Å². The van der Waals surface area contributed by atoms with Crippen molar-refractivity contribution in [3.8, 4) is 0 Å². The molecular weight excluding hydrogens is 329 g/mol. The molecule has 1 aromatic heterocycles. The summed E-state index contributed by atoms with van der Waals surface area (Å²) in [6.07, 6.45) is -0.198. The third-order valence-electron chi connectivity index (χ3n) is 5.05. The molecule has 0 aliphatic heterocycles. The van der Waals surface area contributed by atoms with Crippen molar-refractivity contribution in [1.82, 2.24) is 10.3 Å². The van der Waals surface area contributed by atoms with Gasteiger partial charge >= 0.3 is 6.18 Å². The number of amides is 1. The average molecular weight is 352 g/mol. The SMILES string of the molecule is C[C@@H]1CC[C@H](C)CC(NC(=O)c2ccc3cc(C(F)(F)F)[nH]c3c2)C1. The minimum atomic E-state index is -4.42. The van der Waals surface area contributed by atoms with E-state index in [1.165, 1.54) is 18.9 Å². The van der Waals surface area contributed by atoms with Gasteiger partial charge in [0, 0.05) is 22.5 Å². The van der Waals surface area contributed by atoms with Crippen molar-refractivity contribution in [3.63, 3.8) is 0 Å². The van der Waals surface area contributed by atoms with Crippen LogP contribution in [-0.2, 0) is 6.18 Å². The number of carbonyl (C=O) groups excluding carboxylic acids is 1. The van der Waals surface area contributed by atoms with Crippen molar-refractivity contribution in [2.24, 2.45) is 11.8 Å². The summed E-state index contributed by atoms with van der Waals surface area (Å²) >= 11 is 0. The van der Waals surface area contributed by atoms with E-state index in [1.807, 2.05) is 0 Å². The Labute approximate surface area is 145 Å². The zero-order valence-electron chi connectivity index (χ0n) is 14.4. The Morgan fingerprint density at radius 3 is 2.36 bits per heavy atom. The molecule has 2 aromatic rings. The van der Waals surface area contributed by atoms with Crippen LogP contribution in [0.25, 0.3) is 10.9 Å². The topological polar surface area (TPSA) is 44.9 Å². The van der Waals surface area contributed by atoms with Crippen LogP contribution >= 0.6 is 0 Å². The van der Waals surface area contributed by atoms with E-state index in [0.717, 1.165) is 18.9 Å². The maximum absolute atomic E-state index is 12.8. The highest BCUT2D eigenvalue weighted by Crippen LogP contribution is 2.31. The highest BCUT2D eigenvalue weighted by Gasteiger charge is 2.32. The van der Waals surface area contributed by atoms with Crippen LogP contribution < -0.4 is 5.32 Å². The number of halogens is 3. The summed E-state index contributed by atoms with van der Waals surface area (Å²) in [4.78, 5) is 14.9. The van der Waals surface area contributed by atoms with Crippen LogP contribution in [-0.4, -0.2) is 16.9 Å². The highest BCUT2D eigenvalue weighted by molar-refractivity contribution is 5.98. The van der Waals surface area contributed by atoms with E-state index in [1.54, 1.807) is 12.1 Å². The predicted molar refractivity (Wildman–Crippen MR) is 91.4 cm³/mol. The summed E-state index contributed by atoms with van der Waals surface area (Å²) in [6, 6.07) is 5.80. The van der Waals surface area contributed by atoms with Gasteiger partial charge in [0.25, 0.3) is 5.91 Å². The summed E-state index contributed by atoms with van der Waals surface area (Å²) in [5.74, 6) is 0.905. The Morgan fingerprint density at radius 2 is 1.76 bits per heavy atom. The second-order valence-electron chi connectivity index (χ2n) is 7.41. The number of aromatic nitrogens is 1. The molecule has 3 atom stereocenters. The molecule has 1 fully saturated rings. The second-order valence-corrected chi connectivity index (χ2v) is 7.41. The number of rotatable bonds is 2. The Kier molecular flexibility index (Phi) is 4.80. The summed E-state index contributed by atoms with van der Waals surface area (Å²) in [5.41, 5.74) is -0.0957. The zero-order valence-corrected chi connectivity index (χ0v) is 14.4. The number of hydrogen-bond donors (Lipinski definition) is 2. The van der Waals surface area contributed by atoms with Crippen LogP contribution in [0, 0.1) is 11.8 Å². The molecule has 1 amide bonds. The van der Waals surface area contributed by atoms with E-state index in [-0.39, 0.29) is 11.9 Å². The third-order valence-corrected chi connectivity index (χ3v) is 5.05. The minimum absolute atomic E-state index is 0.116. The summed E-state index contributed by atoms with van der Waals surface area (Å²) in [5, 5.41) is 3.51. The molecule has 1 aromatic carbocycles. The minimum Gasteiger partial charge on any atom is -0.351 e. The molecule has 136 valence electrons. The van der Waals surface area contributed by atoms with Gasteiger partial charge in [-0.3, -0.25) is 4.79 Å². The first-order valence-electron chi connectivity index (χ1n) is 8.73. The molecule has 0 bridgehead atoms. The molecule has 0 spiro atoms. The quantitative estimate of drug-likeness (QED) is 0.723. The monoisotopic (exact) mass is 352 g/mol. The van der Waals surface area contributed by atoms with E-state index in [2.05, 4.69) is 24.1 Å². The van der Waals surface area contributed by atoms with Gasteiger partial charge in [0.1, 0.15) is 5.69 Å². The average Bonchev–Trinajstić information content (AvgIpc) is 2.89. The number of carbonyl (C=O) groups is 1. The Balaban J connectivity index is 1.77. The Morgan fingerprint density at radius 1 is 1.12 bits per heavy atom. The fourth-order valence-electron chi connectivity index (χ4n) is 3.68. The first kappa shape index (κ1) is 17.8. The van der Waals surface area contributed by atoms with E-state index in [4.69, 9.17) is 0 Å². The Hall–Kier alpha value is -1.98. The second kappa shape index (κ2) is 6.73. The number of fused-ring (bicyclic) bond motifs is 1. The summed E-state index contributed by atoms with van der Waals surface area (Å²) < 4.78 is 38.4. The maximum atomic E-state index is 12.8. The Bertz CT molecular complexity index is 754. The van der Waals surface area contributed by atoms with Crippen molar-refractivity contribution in [2.75, 3.05) is 0 Å². The molecule has 1 aliphatic rings. The summed E-state index contributed by atoms with van der Waals surface area (Å²) in [7, 11) is 0. The fourth-order valence-corrected chi connectivity index (χ4v) is 3.68. The van der Waals surface area contributed by atoms with Gasteiger partial charge in [-0.25, -0.2) is 0 Å². The lowest BCUT2D eigenvalue weighted by atomic mass is 9.99. The third kappa shape index (κ3) is 4.17. The van der Waals surface area contributed by atoms with Gasteiger partial charge in [-0.05, 0) is 42.9 Å². The van der Waals surface area contributed by atoms with Crippen molar-refractivity contribution in [3.05, 3.63) is 35.5 Å². The van der Waals surface area contributed by atoms with Gasteiger partial charge < -0.3 is 10.3 Å². The normalized spacial score (nSPS) is 24.9. The van der Waals surface area contributed by atoms with Crippen LogP contribution in [0.3, 0.4) is 0 Å². The van der Waals surface area contributed by atoms with Gasteiger partial charge in [-0.2, -0.15) is 13.2 Å². The molecule has 2 N–H and O–H groups in total. The van der Waals surface area contributed by atoms with Crippen molar-refractivity contribution >= 4 is 16.8 Å². The number of aromatic amines is 1. The maximum Gasteiger partial charge on any atom is 0.431 e. The first-order chi connectivity index (χ1) is 11.7. The van der Waals surface area contributed by atoms with Gasteiger partial charge in [0.15, 0.2) is 0 Å². The molecule has 3 rings (SSSR count). The lowest BCUT2D eigenvalue weighted by Crippen LogP contribution is -2.36. The smallest absolute Gasteiger partial charge is 0.351 e. The lowest BCUT2D eigenvalue weighted by molar-refractivity contribution is -0.140. The molecule has 0 radical (unpaired) electrons. The number of H-pyrrole nitrogens is 1. The van der Waals surface area contributed by atoms with E-state index in [9.17, 15) is 18.0 Å². The number of hydrogen-bond acceptors (Lipinski definition) is 1. The number of benzene rings is 1. The highest BCUT2D eigenvalue weighted by atomic mass is 19.4. The molecule has 25 heavy (non-hydrogen) atoms. The largest absolute Gasteiger partial charge is 0.431 e. The van der Waals surface area contributed by atoms with Crippen molar-refractivity contribution in [2.45, 2.75) is 51.7 Å². The number of alkyl halides is 3. The van der Waals surface area contributed by atoms with Crippen LogP contribution in [0.4, 0.5) is 13.2 Å². The van der Waals surface area contributed by atoms with Gasteiger partial charge in [-0.15, -0.1) is 0 Å². The molecule has 1 heterocycles. The van der Waals surface area contributed by atoms with Crippen LogP contribution in [0.2, 0.25) is 0 Å². The summed E-state index contributed by atoms with van der Waals surface area (Å²) in [6.45, 7) is 4.39. The molecular formula is C19H23F3N2O.